The second kappa shape index (κ2) is 6.48. The number of hydrogen-bond acceptors (Lipinski definition) is 6. The molecule has 2 aromatic heterocycles. The van der Waals surface area contributed by atoms with Crippen molar-refractivity contribution in [1.29, 1.82) is 0 Å². The van der Waals surface area contributed by atoms with Crippen molar-refractivity contribution in [2.24, 2.45) is 0 Å². The highest BCUT2D eigenvalue weighted by molar-refractivity contribution is 7.15. The number of fused-ring (bicyclic) bond motifs is 1. The lowest BCUT2D eigenvalue weighted by molar-refractivity contribution is 0.101. The summed E-state index contributed by atoms with van der Waals surface area (Å²) in [4.78, 5) is 25.1. The van der Waals surface area contributed by atoms with Crippen LogP contribution >= 0.6 is 11.3 Å². The van der Waals surface area contributed by atoms with Crippen LogP contribution in [0, 0.1) is 0 Å². The van der Waals surface area contributed by atoms with Gasteiger partial charge in [0.15, 0.2) is 5.69 Å². The molecule has 0 aliphatic heterocycles. The van der Waals surface area contributed by atoms with E-state index in [2.05, 4.69) is 20.6 Å². The Labute approximate surface area is 142 Å². The van der Waals surface area contributed by atoms with E-state index in [0.717, 1.165) is 5.01 Å². The summed E-state index contributed by atoms with van der Waals surface area (Å²) in [5.41, 5.74) is 0.179. The van der Waals surface area contributed by atoms with Gasteiger partial charge in [0.05, 0.1) is 5.52 Å². The van der Waals surface area contributed by atoms with E-state index in [-0.39, 0.29) is 17.0 Å². The van der Waals surface area contributed by atoms with E-state index < -0.39 is 5.91 Å². The molecule has 0 aliphatic rings. The largest absolute Gasteiger partial charge is 0.295 e. The zero-order valence-corrected chi connectivity index (χ0v) is 14.4. The predicted octanol–water partition coefficient (Wildman–Crippen LogP) is 2.64. The van der Waals surface area contributed by atoms with E-state index in [1.165, 1.54) is 11.3 Å². The first-order valence-electron chi connectivity index (χ1n) is 7.65. The molecule has 2 heterocycles. The van der Waals surface area contributed by atoms with Crippen molar-refractivity contribution in [3.05, 3.63) is 45.2 Å². The first-order valence-corrected chi connectivity index (χ1v) is 8.47. The van der Waals surface area contributed by atoms with Crippen molar-refractivity contribution in [2.75, 3.05) is 5.32 Å². The Morgan fingerprint density at radius 2 is 2.04 bits per heavy atom. The minimum Gasteiger partial charge on any atom is -0.295 e. The molecule has 3 aromatic rings. The van der Waals surface area contributed by atoms with E-state index in [1.807, 2.05) is 32.9 Å². The first-order chi connectivity index (χ1) is 11.5. The number of nitrogens with one attached hydrogen (secondary N) is 1. The van der Waals surface area contributed by atoms with Gasteiger partial charge < -0.3 is 0 Å². The maximum absolute atomic E-state index is 12.6. The van der Waals surface area contributed by atoms with E-state index in [9.17, 15) is 9.59 Å². The molecule has 24 heavy (non-hydrogen) atoms. The number of para-hydroxylation sites is 1. The van der Waals surface area contributed by atoms with Crippen molar-refractivity contribution in [1.82, 2.24) is 20.0 Å². The van der Waals surface area contributed by atoms with Crippen LogP contribution < -0.4 is 10.7 Å². The minimum absolute atomic E-state index is 0.142. The Morgan fingerprint density at radius 1 is 1.29 bits per heavy atom. The summed E-state index contributed by atoms with van der Waals surface area (Å²) >= 11 is 1.29. The highest BCUT2D eigenvalue weighted by Gasteiger charge is 2.19. The number of carbonyl (C=O) groups is 1. The second-order valence-corrected chi connectivity index (χ2v) is 6.57. The number of nitrogens with zero attached hydrogens (tertiary/aromatic N) is 4. The topological polar surface area (TPSA) is 89.8 Å². The summed E-state index contributed by atoms with van der Waals surface area (Å²) < 4.78 is 1.64. The summed E-state index contributed by atoms with van der Waals surface area (Å²) in [6, 6.07) is 7.12. The van der Waals surface area contributed by atoms with Gasteiger partial charge in [-0.3, -0.25) is 19.6 Å². The van der Waals surface area contributed by atoms with E-state index in [1.54, 1.807) is 16.8 Å². The molecule has 1 amide bonds. The number of aromatic nitrogens is 4. The number of amides is 1. The molecule has 0 saturated carbocycles. The van der Waals surface area contributed by atoms with Crippen LogP contribution in [0.2, 0.25) is 0 Å². The average Bonchev–Trinajstić information content (AvgIpc) is 3.04. The lowest BCUT2D eigenvalue weighted by atomic mass is 10.2. The molecule has 0 atom stereocenters. The summed E-state index contributed by atoms with van der Waals surface area (Å²) in [7, 11) is 0. The molecule has 1 aromatic carbocycles. The van der Waals surface area contributed by atoms with Crippen molar-refractivity contribution < 1.29 is 4.79 Å². The van der Waals surface area contributed by atoms with Crippen LogP contribution in [-0.4, -0.2) is 25.9 Å². The summed E-state index contributed by atoms with van der Waals surface area (Å²) in [6.45, 7) is 6.45. The van der Waals surface area contributed by atoms with Gasteiger partial charge in [0, 0.05) is 17.8 Å². The monoisotopic (exact) mass is 343 g/mol. The molecular formula is C16H17N5O2S. The molecule has 1 N–H and O–H groups in total. The minimum atomic E-state index is -0.570. The number of aryl methyl sites for hydroxylation is 1. The van der Waals surface area contributed by atoms with Crippen LogP contribution in [0.3, 0.4) is 0 Å². The molecule has 0 fully saturated rings. The summed E-state index contributed by atoms with van der Waals surface area (Å²) in [6.07, 6.45) is 0. The van der Waals surface area contributed by atoms with Gasteiger partial charge in [0.2, 0.25) is 10.6 Å². The molecule has 8 heteroatoms. The third-order valence-corrected chi connectivity index (χ3v) is 4.67. The fraction of sp³-hybridized carbons (Fsp3) is 0.312. The van der Waals surface area contributed by atoms with Crippen molar-refractivity contribution >= 4 is 33.3 Å². The predicted molar refractivity (Wildman–Crippen MR) is 93.6 cm³/mol. The molecule has 3 rings (SSSR count). The van der Waals surface area contributed by atoms with E-state index >= 15 is 0 Å². The summed E-state index contributed by atoms with van der Waals surface area (Å²) in [5, 5.41) is 16.4. The number of anilines is 1. The maximum atomic E-state index is 12.6. The Bertz CT molecular complexity index is 961. The van der Waals surface area contributed by atoms with Crippen molar-refractivity contribution in [3.63, 3.8) is 0 Å². The van der Waals surface area contributed by atoms with Gasteiger partial charge in [-0.1, -0.05) is 37.3 Å². The SMILES string of the molecule is CCn1nc(C(=O)Nc2nnc(C(C)C)s2)c(=O)c2ccccc21. The van der Waals surface area contributed by atoms with Gasteiger partial charge in [0.1, 0.15) is 5.01 Å². The molecule has 0 aliphatic carbocycles. The summed E-state index contributed by atoms with van der Waals surface area (Å²) in [5.74, 6) is -0.344. The lowest BCUT2D eigenvalue weighted by Gasteiger charge is -2.09. The van der Waals surface area contributed by atoms with Gasteiger partial charge in [0.25, 0.3) is 5.91 Å². The Kier molecular flexibility index (Phi) is 4.39. The molecule has 0 radical (unpaired) electrons. The Balaban J connectivity index is 2.00. The molecule has 0 bridgehead atoms. The molecule has 124 valence electrons. The molecule has 0 spiro atoms. The van der Waals surface area contributed by atoms with E-state index in [4.69, 9.17) is 0 Å². The molecule has 7 nitrogen and oxygen atoms in total. The average molecular weight is 343 g/mol. The van der Waals surface area contributed by atoms with Crippen LogP contribution in [0.1, 0.15) is 42.2 Å². The number of carbonyl (C=O) groups excluding carboxylic acids is 1. The number of rotatable bonds is 4. The third kappa shape index (κ3) is 2.92. The van der Waals surface area contributed by atoms with Gasteiger partial charge in [-0.05, 0) is 19.1 Å². The van der Waals surface area contributed by atoms with E-state index in [0.29, 0.717) is 22.6 Å². The number of benzene rings is 1. The highest BCUT2D eigenvalue weighted by atomic mass is 32.1. The van der Waals surface area contributed by atoms with Crippen LogP contribution in [0.15, 0.2) is 29.1 Å². The van der Waals surface area contributed by atoms with Crippen molar-refractivity contribution in [3.8, 4) is 0 Å². The van der Waals surface area contributed by atoms with Crippen LogP contribution in [0.5, 0.6) is 0 Å². The normalized spacial score (nSPS) is 11.2. The van der Waals surface area contributed by atoms with Crippen LogP contribution in [0.25, 0.3) is 10.9 Å². The van der Waals surface area contributed by atoms with Gasteiger partial charge in [-0.25, -0.2) is 0 Å². The number of hydrogen-bond donors (Lipinski definition) is 1. The second-order valence-electron chi connectivity index (χ2n) is 5.56. The molecular weight excluding hydrogens is 326 g/mol. The highest BCUT2D eigenvalue weighted by Crippen LogP contribution is 2.22. The van der Waals surface area contributed by atoms with Gasteiger partial charge >= 0.3 is 0 Å². The zero-order valence-electron chi connectivity index (χ0n) is 13.6. The van der Waals surface area contributed by atoms with Crippen LogP contribution in [-0.2, 0) is 6.54 Å². The van der Waals surface area contributed by atoms with Crippen LogP contribution in [0.4, 0.5) is 5.13 Å². The standard InChI is InChI=1S/C16H17N5O2S/c1-4-21-11-8-6-5-7-10(11)13(22)12(20-21)14(23)17-16-19-18-15(24-16)9(2)3/h5-9H,4H2,1-3H3,(H,17,19,23). The zero-order chi connectivity index (χ0) is 17.3. The quantitative estimate of drug-likeness (QED) is 0.786. The lowest BCUT2D eigenvalue weighted by Crippen LogP contribution is -2.27. The first kappa shape index (κ1) is 16.3. The molecule has 0 saturated heterocycles. The Morgan fingerprint density at radius 3 is 2.71 bits per heavy atom. The Hall–Kier alpha value is -2.61. The fourth-order valence-corrected chi connectivity index (χ4v) is 3.04. The smallest absolute Gasteiger partial charge is 0.282 e. The van der Waals surface area contributed by atoms with Gasteiger partial charge in [-0.2, -0.15) is 5.10 Å². The van der Waals surface area contributed by atoms with Crippen molar-refractivity contribution in [2.45, 2.75) is 33.2 Å². The third-order valence-electron chi connectivity index (χ3n) is 3.53. The fourth-order valence-electron chi connectivity index (χ4n) is 2.30. The van der Waals surface area contributed by atoms with Gasteiger partial charge in [-0.15, -0.1) is 10.2 Å². The maximum Gasteiger partial charge on any atom is 0.282 e. The molecule has 0 unspecified atom stereocenters.